The Morgan fingerprint density at radius 3 is 2.94 bits per heavy atom. The Bertz CT molecular complexity index is 273. The summed E-state index contributed by atoms with van der Waals surface area (Å²) in [7, 11) is 0. The van der Waals surface area contributed by atoms with Crippen molar-refractivity contribution in [2.24, 2.45) is 11.8 Å². The van der Waals surface area contributed by atoms with Crippen molar-refractivity contribution in [3.8, 4) is 0 Å². The molecule has 3 unspecified atom stereocenters. The van der Waals surface area contributed by atoms with Gasteiger partial charge < -0.3 is 14.6 Å². The SMILES string of the molecule is CC1CCCC(OCC2CCOC2)(C(=O)O)C1. The van der Waals surface area contributed by atoms with Gasteiger partial charge in [0.05, 0.1) is 13.2 Å². The highest BCUT2D eigenvalue weighted by atomic mass is 16.5. The molecule has 0 radical (unpaired) electrons. The monoisotopic (exact) mass is 242 g/mol. The largest absolute Gasteiger partial charge is 0.479 e. The van der Waals surface area contributed by atoms with Crippen molar-refractivity contribution >= 4 is 5.97 Å². The van der Waals surface area contributed by atoms with E-state index in [0.717, 1.165) is 25.9 Å². The van der Waals surface area contributed by atoms with Gasteiger partial charge in [0.25, 0.3) is 0 Å². The molecule has 4 nitrogen and oxygen atoms in total. The van der Waals surface area contributed by atoms with Crippen molar-refractivity contribution < 1.29 is 19.4 Å². The molecule has 0 bridgehead atoms. The average molecular weight is 242 g/mol. The Morgan fingerprint density at radius 1 is 1.53 bits per heavy atom. The van der Waals surface area contributed by atoms with E-state index in [2.05, 4.69) is 6.92 Å². The van der Waals surface area contributed by atoms with Gasteiger partial charge in [0.1, 0.15) is 0 Å². The fourth-order valence-electron chi connectivity index (χ4n) is 2.88. The molecule has 0 aromatic carbocycles. The lowest BCUT2D eigenvalue weighted by atomic mass is 9.78. The Balaban J connectivity index is 1.93. The fraction of sp³-hybridized carbons (Fsp3) is 0.923. The summed E-state index contributed by atoms with van der Waals surface area (Å²) in [4.78, 5) is 11.5. The van der Waals surface area contributed by atoms with Crippen LogP contribution in [0.5, 0.6) is 0 Å². The van der Waals surface area contributed by atoms with Crippen LogP contribution in [-0.4, -0.2) is 36.5 Å². The predicted molar refractivity (Wildman–Crippen MR) is 62.9 cm³/mol. The van der Waals surface area contributed by atoms with E-state index in [0.29, 0.717) is 37.9 Å². The molecule has 1 heterocycles. The topological polar surface area (TPSA) is 55.8 Å². The van der Waals surface area contributed by atoms with Gasteiger partial charge in [-0.05, 0) is 31.6 Å². The Kier molecular flexibility index (Phi) is 4.05. The molecule has 1 aliphatic carbocycles. The van der Waals surface area contributed by atoms with E-state index >= 15 is 0 Å². The summed E-state index contributed by atoms with van der Waals surface area (Å²) in [5.74, 6) is 0.0334. The number of ether oxygens (including phenoxy) is 2. The lowest BCUT2D eigenvalue weighted by Crippen LogP contribution is -2.46. The lowest BCUT2D eigenvalue weighted by Gasteiger charge is -2.36. The number of carboxylic acids is 1. The molecule has 1 N–H and O–H groups in total. The van der Waals surface area contributed by atoms with E-state index in [1.165, 1.54) is 0 Å². The number of rotatable bonds is 4. The van der Waals surface area contributed by atoms with Gasteiger partial charge >= 0.3 is 5.97 Å². The molecule has 1 saturated carbocycles. The van der Waals surface area contributed by atoms with Crippen LogP contribution < -0.4 is 0 Å². The molecule has 0 aromatic rings. The molecule has 1 aliphatic heterocycles. The number of hydrogen-bond donors (Lipinski definition) is 1. The molecule has 2 aliphatic rings. The summed E-state index contributed by atoms with van der Waals surface area (Å²) in [6.07, 6.45) is 4.36. The molecule has 0 spiro atoms. The van der Waals surface area contributed by atoms with Crippen LogP contribution in [0, 0.1) is 11.8 Å². The van der Waals surface area contributed by atoms with Gasteiger partial charge in [-0.2, -0.15) is 0 Å². The molecule has 0 aromatic heterocycles. The van der Waals surface area contributed by atoms with Gasteiger partial charge in [-0.25, -0.2) is 4.79 Å². The van der Waals surface area contributed by atoms with Gasteiger partial charge in [-0.1, -0.05) is 13.3 Å². The third-order valence-electron chi connectivity index (χ3n) is 3.96. The molecule has 3 atom stereocenters. The second kappa shape index (κ2) is 5.36. The summed E-state index contributed by atoms with van der Waals surface area (Å²) < 4.78 is 11.1. The van der Waals surface area contributed by atoms with Crippen molar-refractivity contribution in [1.29, 1.82) is 0 Å². The Labute approximate surface area is 102 Å². The molecule has 98 valence electrons. The van der Waals surface area contributed by atoms with Crippen LogP contribution in [0.4, 0.5) is 0 Å². The van der Waals surface area contributed by atoms with Crippen molar-refractivity contribution in [2.45, 2.75) is 44.6 Å². The molecular weight excluding hydrogens is 220 g/mol. The second-order valence-electron chi connectivity index (χ2n) is 5.54. The fourth-order valence-corrected chi connectivity index (χ4v) is 2.88. The minimum absolute atomic E-state index is 0.378. The van der Waals surface area contributed by atoms with Gasteiger partial charge in [0.2, 0.25) is 0 Å². The number of carbonyl (C=O) groups is 1. The third kappa shape index (κ3) is 2.99. The molecule has 2 rings (SSSR count). The van der Waals surface area contributed by atoms with E-state index in [1.807, 2.05) is 0 Å². The molecule has 17 heavy (non-hydrogen) atoms. The maximum atomic E-state index is 11.5. The third-order valence-corrected chi connectivity index (χ3v) is 3.96. The van der Waals surface area contributed by atoms with Gasteiger partial charge in [-0.3, -0.25) is 0 Å². The molecule has 2 fully saturated rings. The van der Waals surface area contributed by atoms with Gasteiger partial charge in [-0.15, -0.1) is 0 Å². The zero-order valence-electron chi connectivity index (χ0n) is 10.5. The van der Waals surface area contributed by atoms with E-state index in [1.54, 1.807) is 0 Å². The summed E-state index contributed by atoms with van der Waals surface area (Å²) in [6, 6.07) is 0. The highest BCUT2D eigenvalue weighted by Crippen LogP contribution is 2.36. The van der Waals surface area contributed by atoms with E-state index in [4.69, 9.17) is 9.47 Å². The lowest BCUT2D eigenvalue weighted by molar-refractivity contribution is -0.175. The van der Waals surface area contributed by atoms with E-state index in [-0.39, 0.29) is 0 Å². The summed E-state index contributed by atoms with van der Waals surface area (Å²) in [6.45, 7) is 4.13. The standard InChI is InChI=1S/C13H22O4/c1-10-3-2-5-13(7-10,12(14)15)17-9-11-4-6-16-8-11/h10-11H,2-9H2,1H3,(H,14,15). The van der Waals surface area contributed by atoms with Crippen LogP contribution in [0.2, 0.25) is 0 Å². The smallest absolute Gasteiger partial charge is 0.335 e. The highest BCUT2D eigenvalue weighted by Gasteiger charge is 2.43. The Morgan fingerprint density at radius 2 is 2.35 bits per heavy atom. The zero-order chi connectivity index (χ0) is 12.3. The first-order valence-corrected chi connectivity index (χ1v) is 6.57. The highest BCUT2D eigenvalue weighted by molar-refractivity contribution is 5.77. The van der Waals surface area contributed by atoms with Crippen molar-refractivity contribution in [3.63, 3.8) is 0 Å². The maximum Gasteiger partial charge on any atom is 0.335 e. The first-order valence-electron chi connectivity index (χ1n) is 6.57. The summed E-state index contributed by atoms with van der Waals surface area (Å²) >= 11 is 0. The molecular formula is C13H22O4. The Hall–Kier alpha value is -0.610. The predicted octanol–water partition coefficient (Wildman–Crippen LogP) is 2.07. The average Bonchev–Trinajstić information content (AvgIpc) is 2.79. The summed E-state index contributed by atoms with van der Waals surface area (Å²) in [5, 5.41) is 9.42. The van der Waals surface area contributed by atoms with Gasteiger partial charge in [0, 0.05) is 12.5 Å². The van der Waals surface area contributed by atoms with Crippen LogP contribution in [0.3, 0.4) is 0 Å². The number of hydrogen-bond acceptors (Lipinski definition) is 3. The minimum Gasteiger partial charge on any atom is -0.479 e. The van der Waals surface area contributed by atoms with Crippen molar-refractivity contribution in [1.82, 2.24) is 0 Å². The van der Waals surface area contributed by atoms with Crippen LogP contribution in [0.25, 0.3) is 0 Å². The van der Waals surface area contributed by atoms with E-state index in [9.17, 15) is 9.90 Å². The number of aliphatic carboxylic acids is 1. The van der Waals surface area contributed by atoms with E-state index < -0.39 is 11.6 Å². The molecule has 0 amide bonds. The first kappa shape index (κ1) is 12.8. The normalized spacial score (nSPS) is 38.2. The summed E-state index contributed by atoms with van der Waals surface area (Å²) in [5.41, 5.74) is -0.930. The van der Waals surface area contributed by atoms with Crippen molar-refractivity contribution in [3.05, 3.63) is 0 Å². The van der Waals surface area contributed by atoms with Crippen LogP contribution in [0.1, 0.15) is 39.0 Å². The van der Waals surface area contributed by atoms with Crippen molar-refractivity contribution in [2.75, 3.05) is 19.8 Å². The first-order chi connectivity index (χ1) is 8.12. The molecule has 1 saturated heterocycles. The quantitative estimate of drug-likeness (QED) is 0.820. The zero-order valence-corrected chi connectivity index (χ0v) is 10.5. The second-order valence-corrected chi connectivity index (χ2v) is 5.54. The van der Waals surface area contributed by atoms with Crippen LogP contribution in [0.15, 0.2) is 0 Å². The minimum atomic E-state index is -0.930. The van der Waals surface area contributed by atoms with Crippen LogP contribution >= 0.6 is 0 Å². The molecule has 4 heteroatoms. The van der Waals surface area contributed by atoms with Crippen LogP contribution in [-0.2, 0) is 14.3 Å². The maximum absolute atomic E-state index is 11.5. The van der Waals surface area contributed by atoms with Gasteiger partial charge in [0.15, 0.2) is 5.60 Å². The number of carboxylic acid groups (broad SMARTS) is 1.